The summed E-state index contributed by atoms with van der Waals surface area (Å²) >= 11 is 1.66. The predicted molar refractivity (Wildman–Crippen MR) is 106 cm³/mol. The van der Waals surface area contributed by atoms with Gasteiger partial charge in [0, 0.05) is 18.2 Å². The van der Waals surface area contributed by atoms with Crippen LogP contribution in [0.4, 0.5) is 0 Å². The number of carbonyl (C=O) groups excluding carboxylic acids is 2. The highest BCUT2D eigenvalue weighted by atomic mass is 35.5. The lowest BCUT2D eigenvalue weighted by Gasteiger charge is -2.20. The molecular formula is C18H28ClN3O2S. The topological polar surface area (TPSA) is 84.2 Å². The molecule has 0 saturated heterocycles. The molecule has 7 heteroatoms. The maximum absolute atomic E-state index is 12.4. The molecule has 1 aliphatic rings. The van der Waals surface area contributed by atoms with Gasteiger partial charge in [0.2, 0.25) is 5.91 Å². The summed E-state index contributed by atoms with van der Waals surface area (Å²) < 4.78 is 0. The first-order valence-electron chi connectivity index (χ1n) is 8.41. The van der Waals surface area contributed by atoms with E-state index < -0.39 is 6.04 Å². The van der Waals surface area contributed by atoms with Gasteiger partial charge in [-0.25, -0.2) is 0 Å². The van der Waals surface area contributed by atoms with Crippen molar-refractivity contribution in [3.63, 3.8) is 0 Å². The summed E-state index contributed by atoms with van der Waals surface area (Å²) in [6.45, 7) is 2.41. The highest BCUT2D eigenvalue weighted by Crippen LogP contribution is 2.31. The number of benzene rings is 1. The van der Waals surface area contributed by atoms with Gasteiger partial charge in [-0.1, -0.05) is 17.7 Å². The van der Waals surface area contributed by atoms with E-state index in [2.05, 4.69) is 10.6 Å². The lowest BCUT2D eigenvalue weighted by Crippen LogP contribution is -2.49. The Hall–Kier alpha value is -1.24. The largest absolute Gasteiger partial charge is 0.353 e. The second kappa shape index (κ2) is 10.7. The van der Waals surface area contributed by atoms with Crippen LogP contribution in [0.2, 0.25) is 0 Å². The Morgan fingerprint density at radius 2 is 2.08 bits per heavy atom. The first-order valence-corrected chi connectivity index (χ1v) is 9.80. The molecule has 1 fully saturated rings. The average Bonchev–Trinajstić information content (AvgIpc) is 3.41. The van der Waals surface area contributed by atoms with Gasteiger partial charge in [-0.2, -0.15) is 11.8 Å². The maximum atomic E-state index is 12.4. The SMILES string of the molecule is CSCCC(NC(=O)c1cccc(C)c1)C(=O)NCC(N)C1CC1.Cl. The van der Waals surface area contributed by atoms with Crippen molar-refractivity contribution < 1.29 is 9.59 Å². The van der Waals surface area contributed by atoms with E-state index in [-0.39, 0.29) is 30.3 Å². The van der Waals surface area contributed by atoms with Crippen LogP contribution >= 0.6 is 24.2 Å². The number of amides is 2. The Balaban J connectivity index is 0.00000312. The summed E-state index contributed by atoms with van der Waals surface area (Å²) in [5.74, 6) is 0.977. The summed E-state index contributed by atoms with van der Waals surface area (Å²) in [6, 6.07) is 6.85. The molecule has 2 atom stereocenters. The Morgan fingerprint density at radius 3 is 2.68 bits per heavy atom. The second-order valence-electron chi connectivity index (χ2n) is 6.42. The van der Waals surface area contributed by atoms with Crippen LogP contribution in [0.3, 0.4) is 0 Å². The van der Waals surface area contributed by atoms with E-state index in [1.54, 1.807) is 17.8 Å². The van der Waals surface area contributed by atoms with Crippen LogP contribution in [-0.2, 0) is 4.79 Å². The number of carbonyl (C=O) groups is 2. The third-order valence-corrected chi connectivity index (χ3v) is 4.90. The first-order chi connectivity index (χ1) is 11.5. The van der Waals surface area contributed by atoms with Gasteiger partial charge < -0.3 is 16.4 Å². The normalized spacial score (nSPS) is 15.6. The molecule has 0 bridgehead atoms. The van der Waals surface area contributed by atoms with Crippen LogP contribution in [0.15, 0.2) is 24.3 Å². The Labute approximate surface area is 160 Å². The summed E-state index contributed by atoms with van der Waals surface area (Å²) in [6.07, 6.45) is 4.89. The van der Waals surface area contributed by atoms with Gasteiger partial charge in [0.25, 0.3) is 5.91 Å². The van der Waals surface area contributed by atoms with E-state index in [0.717, 1.165) is 24.2 Å². The molecule has 0 spiro atoms. The van der Waals surface area contributed by atoms with E-state index in [1.807, 2.05) is 31.4 Å². The van der Waals surface area contributed by atoms with E-state index in [1.165, 1.54) is 0 Å². The van der Waals surface area contributed by atoms with Gasteiger partial charge >= 0.3 is 0 Å². The van der Waals surface area contributed by atoms with Crippen molar-refractivity contribution in [2.24, 2.45) is 11.7 Å². The number of aryl methyl sites for hydroxylation is 1. The van der Waals surface area contributed by atoms with Crippen LogP contribution in [0.25, 0.3) is 0 Å². The van der Waals surface area contributed by atoms with Gasteiger partial charge in [0.1, 0.15) is 6.04 Å². The molecule has 1 aromatic rings. The Kier molecular flexibility index (Phi) is 9.32. The summed E-state index contributed by atoms with van der Waals surface area (Å²) in [4.78, 5) is 24.8. The van der Waals surface area contributed by atoms with Gasteiger partial charge in [0.15, 0.2) is 0 Å². The zero-order valence-corrected chi connectivity index (χ0v) is 16.4. The van der Waals surface area contributed by atoms with Gasteiger partial charge in [0.05, 0.1) is 0 Å². The van der Waals surface area contributed by atoms with Crippen molar-refractivity contribution >= 4 is 36.0 Å². The smallest absolute Gasteiger partial charge is 0.251 e. The zero-order valence-electron chi connectivity index (χ0n) is 14.8. The quantitative estimate of drug-likeness (QED) is 0.608. The van der Waals surface area contributed by atoms with Crippen molar-refractivity contribution in [2.45, 2.75) is 38.3 Å². The van der Waals surface area contributed by atoms with Crippen molar-refractivity contribution in [3.8, 4) is 0 Å². The number of thioether (sulfide) groups is 1. The second-order valence-corrected chi connectivity index (χ2v) is 7.41. The third-order valence-electron chi connectivity index (χ3n) is 4.25. The fourth-order valence-electron chi connectivity index (χ4n) is 2.57. The lowest BCUT2D eigenvalue weighted by molar-refractivity contribution is -0.123. The first kappa shape index (κ1) is 21.8. The van der Waals surface area contributed by atoms with Crippen molar-refractivity contribution in [1.29, 1.82) is 0 Å². The molecule has 0 heterocycles. The highest BCUT2D eigenvalue weighted by molar-refractivity contribution is 7.98. The Morgan fingerprint density at radius 1 is 1.36 bits per heavy atom. The molecule has 0 radical (unpaired) electrons. The molecule has 2 amide bonds. The van der Waals surface area contributed by atoms with Crippen LogP contribution in [0, 0.1) is 12.8 Å². The maximum Gasteiger partial charge on any atom is 0.251 e. The molecule has 0 aromatic heterocycles. The van der Waals surface area contributed by atoms with Crippen LogP contribution in [0.5, 0.6) is 0 Å². The Bertz CT molecular complexity index is 581. The van der Waals surface area contributed by atoms with Gasteiger partial charge in [-0.15, -0.1) is 12.4 Å². The van der Waals surface area contributed by atoms with Crippen molar-refractivity contribution in [1.82, 2.24) is 10.6 Å². The van der Waals surface area contributed by atoms with Crippen molar-refractivity contribution in [2.75, 3.05) is 18.6 Å². The number of nitrogens with two attached hydrogens (primary N) is 1. The third kappa shape index (κ3) is 7.26. The fourth-order valence-corrected chi connectivity index (χ4v) is 3.04. The zero-order chi connectivity index (χ0) is 17.5. The molecule has 1 aromatic carbocycles. The van der Waals surface area contributed by atoms with E-state index >= 15 is 0 Å². The molecule has 0 aliphatic heterocycles. The number of rotatable bonds is 9. The highest BCUT2D eigenvalue weighted by Gasteiger charge is 2.29. The number of hydrogen-bond acceptors (Lipinski definition) is 4. The van der Waals surface area contributed by atoms with Crippen LogP contribution < -0.4 is 16.4 Å². The molecule has 4 N–H and O–H groups in total. The monoisotopic (exact) mass is 385 g/mol. The van der Waals surface area contributed by atoms with E-state index in [0.29, 0.717) is 24.4 Å². The molecule has 1 saturated carbocycles. The van der Waals surface area contributed by atoms with Crippen LogP contribution in [0.1, 0.15) is 35.2 Å². The molecule has 140 valence electrons. The molecule has 1 aliphatic carbocycles. The van der Waals surface area contributed by atoms with E-state index in [4.69, 9.17) is 5.73 Å². The lowest BCUT2D eigenvalue weighted by atomic mass is 10.1. The molecule has 5 nitrogen and oxygen atoms in total. The van der Waals surface area contributed by atoms with Gasteiger partial charge in [-0.05, 0) is 56.2 Å². The molecule has 2 unspecified atom stereocenters. The molecular weight excluding hydrogens is 358 g/mol. The minimum Gasteiger partial charge on any atom is -0.353 e. The number of nitrogens with one attached hydrogen (secondary N) is 2. The fraction of sp³-hybridized carbons (Fsp3) is 0.556. The minimum absolute atomic E-state index is 0. The summed E-state index contributed by atoms with van der Waals surface area (Å²) in [5.41, 5.74) is 7.62. The molecule has 25 heavy (non-hydrogen) atoms. The number of halogens is 1. The van der Waals surface area contributed by atoms with Crippen LogP contribution in [-0.4, -0.2) is 42.5 Å². The minimum atomic E-state index is -0.531. The van der Waals surface area contributed by atoms with Crippen molar-refractivity contribution in [3.05, 3.63) is 35.4 Å². The number of hydrogen-bond donors (Lipinski definition) is 3. The summed E-state index contributed by atoms with van der Waals surface area (Å²) in [7, 11) is 0. The summed E-state index contributed by atoms with van der Waals surface area (Å²) in [5, 5.41) is 5.75. The predicted octanol–water partition coefficient (Wildman–Crippen LogP) is 2.12. The van der Waals surface area contributed by atoms with E-state index in [9.17, 15) is 9.59 Å². The standard InChI is InChI=1S/C18H27N3O2S.ClH/c1-12-4-3-5-14(10-12)17(22)21-16(8-9-24-2)18(23)20-11-15(19)13-6-7-13;/h3-5,10,13,15-16H,6-9,11,19H2,1-2H3,(H,20,23)(H,21,22);1H. The molecule has 2 rings (SSSR count). The van der Waals surface area contributed by atoms with Gasteiger partial charge in [-0.3, -0.25) is 9.59 Å². The average molecular weight is 386 g/mol.